The lowest BCUT2D eigenvalue weighted by Crippen LogP contribution is -1.69. The highest BCUT2D eigenvalue weighted by Crippen LogP contribution is 1.96. The first-order valence-corrected chi connectivity index (χ1v) is 3.50. The SMILES string of the molecule is CCCCCC#CC#CF. The van der Waals surface area contributed by atoms with Crippen LogP contribution in [0.2, 0.25) is 0 Å². The van der Waals surface area contributed by atoms with Crippen LogP contribution in [0.15, 0.2) is 0 Å². The molecule has 0 saturated heterocycles. The Kier molecular flexibility index (Phi) is 7.29. The molecule has 0 nitrogen and oxygen atoms in total. The standard InChI is InChI=1S/C9H11F/c1-2-3-4-5-6-7-8-9-10/h2-5H2,1H3. The van der Waals surface area contributed by atoms with Gasteiger partial charge in [0.15, 0.2) is 0 Å². The largest absolute Gasteiger partial charge is 0.143 e. The van der Waals surface area contributed by atoms with Crippen molar-refractivity contribution in [1.82, 2.24) is 0 Å². The highest BCUT2D eigenvalue weighted by atomic mass is 19.1. The van der Waals surface area contributed by atoms with E-state index < -0.39 is 0 Å². The normalized spacial score (nSPS) is 7.00. The minimum atomic E-state index is 0.836. The minimum absolute atomic E-state index is 0.836. The van der Waals surface area contributed by atoms with Crippen LogP contribution in [0.1, 0.15) is 32.6 Å². The molecule has 0 aromatic rings. The van der Waals surface area contributed by atoms with E-state index in [1.165, 1.54) is 19.0 Å². The van der Waals surface area contributed by atoms with E-state index in [-0.39, 0.29) is 0 Å². The summed E-state index contributed by atoms with van der Waals surface area (Å²) < 4.78 is 11.1. The third-order valence-corrected chi connectivity index (χ3v) is 1.10. The molecule has 1 heteroatoms. The lowest BCUT2D eigenvalue weighted by atomic mass is 10.2. The number of hydrogen-bond donors (Lipinski definition) is 0. The molecule has 0 aliphatic heterocycles. The van der Waals surface area contributed by atoms with E-state index in [1.54, 1.807) is 0 Å². The molecule has 0 aromatic heterocycles. The molecule has 0 fully saturated rings. The number of halogens is 1. The molecule has 0 saturated carbocycles. The van der Waals surface area contributed by atoms with Crippen molar-refractivity contribution in [2.24, 2.45) is 0 Å². The average Bonchev–Trinajstić information content (AvgIpc) is 1.97. The lowest BCUT2D eigenvalue weighted by molar-refractivity contribution is 0.737. The Hall–Kier alpha value is -0.950. The summed E-state index contributed by atoms with van der Waals surface area (Å²) in [6.45, 7) is 2.13. The topological polar surface area (TPSA) is 0 Å². The molecule has 0 amide bonds. The molecular formula is C9H11F. The maximum atomic E-state index is 11.1. The predicted octanol–water partition coefficient (Wildman–Crippen LogP) is 2.50. The van der Waals surface area contributed by atoms with E-state index in [2.05, 4.69) is 18.8 Å². The van der Waals surface area contributed by atoms with Crippen molar-refractivity contribution in [2.45, 2.75) is 32.6 Å². The van der Waals surface area contributed by atoms with Crippen molar-refractivity contribution in [3.05, 3.63) is 0 Å². The van der Waals surface area contributed by atoms with Crippen molar-refractivity contribution >= 4 is 0 Å². The van der Waals surface area contributed by atoms with Gasteiger partial charge >= 0.3 is 0 Å². The first-order chi connectivity index (χ1) is 4.91. The van der Waals surface area contributed by atoms with Crippen molar-refractivity contribution in [3.63, 3.8) is 0 Å². The van der Waals surface area contributed by atoms with Crippen LogP contribution in [0, 0.1) is 23.9 Å². The van der Waals surface area contributed by atoms with Crippen LogP contribution in [0.3, 0.4) is 0 Å². The van der Waals surface area contributed by atoms with Gasteiger partial charge in [-0.3, -0.25) is 0 Å². The Bertz CT molecular complexity index is 172. The molecular weight excluding hydrogens is 127 g/mol. The van der Waals surface area contributed by atoms with E-state index in [4.69, 9.17) is 0 Å². The Labute approximate surface area is 61.8 Å². The zero-order chi connectivity index (χ0) is 7.66. The van der Waals surface area contributed by atoms with Gasteiger partial charge in [0.25, 0.3) is 0 Å². The summed E-state index contributed by atoms with van der Waals surface area (Å²) in [4.78, 5) is 0. The smallest absolute Gasteiger partial charge is 0.119 e. The molecule has 0 radical (unpaired) electrons. The predicted molar refractivity (Wildman–Crippen MR) is 40.8 cm³/mol. The number of unbranched alkanes of at least 4 members (excludes halogenated alkanes) is 3. The number of rotatable bonds is 3. The molecule has 54 valence electrons. The van der Waals surface area contributed by atoms with Gasteiger partial charge in [0.1, 0.15) is 6.17 Å². The lowest BCUT2D eigenvalue weighted by Gasteiger charge is -1.86. The number of hydrogen-bond acceptors (Lipinski definition) is 0. The zero-order valence-electron chi connectivity index (χ0n) is 6.21. The van der Waals surface area contributed by atoms with Crippen LogP contribution >= 0.6 is 0 Å². The zero-order valence-corrected chi connectivity index (χ0v) is 6.21. The van der Waals surface area contributed by atoms with Crippen molar-refractivity contribution < 1.29 is 4.39 Å². The van der Waals surface area contributed by atoms with Crippen molar-refractivity contribution in [3.8, 4) is 23.9 Å². The van der Waals surface area contributed by atoms with E-state index in [1.807, 2.05) is 5.92 Å². The summed E-state index contributed by atoms with van der Waals surface area (Å²) in [5, 5.41) is 0. The maximum Gasteiger partial charge on any atom is 0.119 e. The van der Waals surface area contributed by atoms with E-state index in [0.29, 0.717) is 0 Å². The van der Waals surface area contributed by atoms with Crippen LogP contribution in [-0.4, -0.2) is 0 Å². The van der Waals surface area contributed by atoms with Crippen molar-refractivity contribution in [2.75, 3.05) is 0 Å². The second-order valence-electron chi connectivity index (χ2n) is 1.98. The summed E-state index contributed by atoms with van der Waals surface area (Å²) >= 11 is 0. The van der Waals surface area contributed by atoms with Crippen molar-refractivity contribution in [1.29, 1.82) is 0 Å². The van der Waals surface area contributed by atoms with Crippen LogP contribution in [0.5, 0.6) is 0 Å². The van der Waals surface area contributed by atoms with Gasteiger partial charge in [-0.25, -0.2) is 0 Å². The average molecular weight is 138 g/mol. The summed E-state index contributed by atoms with van der Waals surface area (Å²) in [6, 6.07) is 0. The molecule has 0 spiro atoms. The van der Waals surface area contributed by atoms with Gasteiger partial charge in [-0.2, -0.15) is 0 Å². The van der Waals surface area contributed by atoms with E-state index >= 15 is 0 Å². The molecule has 0 bridgehead atoms. The summed E-state index contributed by atoms with van der Waals surface area (Å²) in [6.07, 6.45) is 5.55. The third kappa shape index (κ3) is 7.05. The second-order valence-corrected chi connectivity index (χ2v) is 1.98. The molecule has 0 atom stereocenters. The van der Waals surface area contributed by atoms with Crippen LogP contribution in [-0.2, 0) is 0 Å². The molecule has 0 aliphatic rings. The van der Waals surface area contributed by atoms with Gasteiger partial charge in [0.2, 0.25) is 0 Å². The quantitative estimate of drug-likeness (QED) is 0.415. The van der Waals surface area contributed by atoms with Crippen LogP contribution in [0.4, 0.5) is 4.39 Å². The van der Waals surface area contributed by atoms with Gasteiger partial charge < -0.3 is 0 Å². The molecule has 0 aliphatic carbocycles. The molecule has 0 rings (SSSR count). The molecule has 0 aromatic carbocycles. The minimum Gasteiger partial charge on any atom is -0.143 e. The highest BCUT2D eigenvalue weighted by molar-refractivity contribution is 5.23. The second kappa shape index (κ2) is 8.05. The Morgan fingerprint density at radius 2 is 2.00 bits per heavy atom. The monoisotopic (exact) mass is 138 g/mol. The molecule has 0 unspecified atom stereocenters. The molecule has 10 heavy (non-hydrogen) atoms. The Morgan fingerprint density at radius 1 is 1.20 bits per heavy atom. The first kappa shape index (κ1) is 9.05. The summed E-state index contributed by atoms with van der Waals surface area (Å²) in [5.41, 5.74) is 0. The summed E-state index contributed by atoms with van der Waals surface area (Å²) in [7, 11) is 0. The fraction of sp³-hybridized carbons (Fsp3) is 0.556. The van der Waals surface area contributed by atoms with Crippen LogP contribution < -0.4 is 0 Å². The third-order valence-electron chi connectivity index (χ3n) is 1.10. The van der Waals surface area contributed by atoms with Gasteiger partial charge in [0.05, 0.1) is 0 Å². The van der Waals surface area contributed by atoms with Gasteiger partial charge in [0, 0.05) is 12.3 Å². The maximum absolute atomic E-state index is 11.1. The molecule has 0 heterocycles. The Balaban J connectivity index is 3.17. The summed E-state index contributed by atoms with van der Waals surface area (Å²) in [5.74, 6) is 7.21. The fourth-order valence-corrected chi connectivity index (χ4v) is 0.594. The first-order valence-electron chi connectivity index (χ1n) is 3.50. The van der Waals surface area contributed by atoms with Gasteiger partial charge in [-0.1, -0.05) is 25.7 Å². The van der Waals surface area contributed by atoms with Crippen LogP contribution in [0.25, 0.3) is 0 Å². The Morgan fingerprint density at radius 3 is 2.60 bits per heavy atom. The van der Waals surface area contributed by atoms with E-state index in [0.717, 1.165) is 12.8 Å². The van der Waals surface area contributed by atoms with Gasteiger partial charge in [-0.05, 0) is 12.3 Å². The fourth-order valence-electron chi connectivity index (χ4n) is 0.594. The van der Waals surface area contributed by atoms with Gasteiger partial charge in [-0.15, -0.1) is 4.39 Å². The van der Waals surface area contributed by atoms with E-state index in [9.17, 15) is 4.39 Å². The highest BCUT2D eigenvalue weighted by Gasteiger charge is 1.79. The molecule has 0 N–H and O–H groups in total.